The molecule has 0 unspecified atom stereocenters. The third kappa shape index (κ3) is 3.12. The molecule has 0 saturated carbocycles. The number of nitroso groups, excluding NO2 is 1. The first-order chi connectivity index (χ1) is 11.6. The average Bonchev–Trinajstić information content (AvgIpc) is 2.63. The van der Waals surface area contributed by atoms with Crippen LogP contribution in [0.2, 0.25) is 0 Å². The number of aliphatic hydroxyl groups is 1. The molecule has 1 fully saturated rings. The molecule has 126 valence electrons. The number of piperidine rings is 1. The van der Waals surface area contributed by atoms with Crippen molar-refractivity contribution < 1.29 is 9.50 Å². The quantitative estimate of drug-likeness (QED) is 0.872. The van der Waals surface area contributed by atoms with E-state index < -0.39 is 11.4 Å². The topological polar surface area (TPSA) is 78.7 Å². The minimum Gasteiger partial charge on any atom is -0.392 e. The fraction of sp³-hybridized carbons (Fsp3) is 0.412. The van der Waals surface area contributed by atoms with Crippen molar-refractivity contribution in [3.63, 3.8) is 0 Å². The summed E-state index contributed by atoms with van der Waals surface area (Å²) in [6.45, 7) is 2.83. The summed E-state index contributed by atoms with van der Waals surface area (Å²) in [6, 6.07) is 4.87. The van der Waals surface area contributed by atoms with Gasteiger partial charge in [-0.05, 0) is 19.8 Å². The maximum atomic E-state index is 14.3. The molecular formula is C17H19FN4O2. The number of nitrogens with zero attached hydrogens (tertiary/aromatic N) is 4. The number of halogens is 1. The van der Waals surface area contributed by atoms with Crippen molar-refractivity contribution in [2.45, 2.75) is 31.9 Å². The van der Waals surface area contributed by atoms with Crippen molar-refractivity contribution >= 4 is 5.95 Å². The first-order valence-electron chi connectivity index (χ1n) is 7.86. The van der Waals surface area contributed by atoms with Crippen molar-refractivity contribution in [2.75, 3.05) is 18.0 Å². The van der Waals surface area contributed by atoms with Crippen LogP contribution < -0.4 is 4.90 Å². The van der Waals surface area contributed by atoms with Gasteiger partial charge >= 0.3 is 0 Å². The Kier molecular flexibility index (Phi) is 4.53. The fourth-order valence-corrected chi connectivity index (χ4v) is 2.83. The first kappa shape index (κ1) is 16.4. The largest absolute Gasteiger partial charge is 0.392 e. The molecule has 0 bridgehead atoms. The Labute approximate surface area is 139 Å². The number of anilines is 1. The van der Waals surface area contributed by atoms with Crippen LogP contribution in [0.15, 0.2) is 35.8 Å². The molecule has 0 atom stereocenters. The molecule has 1 aromatic heterocycles. The van der Waals surface area contributed by atoms with E-state index in [9.17, 15) is 9.30 Å². The summed E-state index contributed by atoms with van der Waals surface area (Å²) in [5, 5.41) is 12.4. The van der Waals surface area contributed by atoms with Gasteiger partial charge in [0.1, 0.15) is 11.4 Å². The van der Waals surface area contributed by atoms with E-state index in [1.165, 1.54) is 0 Å². The van der Waals surface area contributed by atoms with Gasteiger partial charge in [0, 0.05) is 42.2 Å². The molecule has 0 radical (unpaired) electrons. The molecular weight excluding hydrogens is 311 g/mol. The van der Waals surface area contributed by atoms with Crippen LogP contribution >= 0.6 is 0 Å². The highest BCUT2D eigenvalue weighted by atomic mass is 19.1. The van der Waals surface area contributed by atoms with Crippen molar-refractivity contribution in [1.82, 2.24) is 9.97 Å². The SMILES string of the molecule is CC1(N=O)CCN(c2ncc(-c3cccc(CO)c3F)cn2)CC1. The van der Waals surface area contributed by atoms with Crippen LogP contribution in [0.4, 0.5) is 10.3 Å². The zero-order chi connectivity index (χ0) is 17.2. The van der Waals surface area contributed by atoms with Crippen LogP contribution in [0.1, 0.15) is 25.3 Å². The van der Waals surface area contributed by atoms with Crippen molar-refractivity contribution in [3.8, 4) is 11.1 Å². The second-order valence-electron chi connectivity index (χ2n) is 6.28. The molecule has 7 heteroatoms. The second-order valence-corrected chi connectivity index (χ2v) is 6.28. The van der Waals surface area contributed by atoms with E-state index in [1.54, 1.807) is 30.6 Å². The highest BCUT2D eigenvalue weighted by Gasteiger charge is 2.32. The normalized spacial score (nSPS) is 16.9. The van der Waals surface area contributed by atoms with Crippen molar-refractivity contribution in [1.29, 1.82) is 0 Å². The van der Waals surface area contributed by atoms with Gasteiger partial charge in [-0.1, -0.05) is 23.4 Å². The summed E-state index contributed by atoms with van der Waals surface area (Å²) in [4.78, 5) is 21.5. The molecule has 0 amide bonds. The number of aromatic nitrogens is 2. The standard InChI is InChI=1S/C17H19FN4O2/c1-17(21-24)5-7-22(8-6-17)16-19-9-13(10-20-16)14-4-2-3-12(11-23)15(14)18/h2-4,9-10,23H,5-8,11H2,1H3. The summed E-state index contributed by atoms with van der Waals surface area (Å²) >= 11 is 0. The van der Waals surface area contributed by atoms with Gasteiger partial charge < -0.3 is 10.0 Å². The molecule has 1 saturated heterocycles. The summed E-state index contributed by atoms with van der Waals surface area (Å²) in [6.07, 6.45) is 4.48. The number of rotatable bonds is 4. The number of benzene rings is 1. The van der Waals surface area contributed by atoms with Crippen LogP contribution in [0.25, 0.3) is 11.1 Å². The summed E-state index contributed by atoms with van der Waals surface area (Å²) in [5.41, 5.74) is 0.658. The molecule has 1 aliphatic heterocycles. The first-order valence-corrected chi connectivity index (χ1v) is 7.86. The van der Waals surface area contributed by atoms with Gasteiger partial charge in [-0.15, -0.1) is 0 Å². The lowest BCUT2D eigenvalue weighted by Gasteiger charge is -2.34. The Hall–Kier alpha value is -2.41. The number of hydrogen-bond donors (Lipinski definition) is 1. The third-order valence-corrected chi connectivity index (χ3v) is 4.54. The molecule has 2 heterocycles. The third-order valence-electron chi connectivity index (χ3n) is 4.54. The minimum atomic E-state index is -0.510. The van der Waals surface area contributed by atoms with Crippen LogP contribution in [0, 0.1) is 10.7 Å². The Balaban J connectivity index is 1.78. The molecule has 0 aliphatic carbocycles. The van der Waals surface area contributed by atoms with Gasteiger partial charge in [-0.2, -0.15) is 4.91 Å². The van der Waals surface area contributed by atoms with E-state index in [1.807, 2.05) is 11.8 Å². The van der Waals surface area contributed by atoms with Crippen LogP contribution in [-0.4, -0.2) is 33.7 Å². The summed E-state index contributed by atoms with van der Waals surface area (Å²) in [7, 11) is 0. The molecule has 1 aromatic carbocycles. The van der Waals surface area contributed by atoms with Gasteiger partial charge in [0.15, 0.2) is 0 Å². The van der Waals surface area contributed by atoms with E-state index in [2.05, 4.69) is 15.1 Å². The molecule has 1 N–H and O–H groups in total. The second kappa shape index (κ2) is 6.60. The van der Waals surface area contributed by atoms with Crippen LogP contribution in [0.3, 0.4) is 0 Å². The Morgan fingerprint density at radius 3 is 2.54 bits per heavy atom. The monoisotopic (exact) mass is 330 g/mol. The Morgan fingerprint density at radius 2 is 1.96 bits per heavy atom. The number of aliphatic hydroxyl groups excluding tert-OH is 1. The predicted octanol–water partition coefficient (Wildman–Crippen LogP) is 2.90. The summed E-state index contributed by atoms with van der Waals surface area (Å²) < 4.78 is 14.3. The average molecular weight is 330 g/mol. The number of hydrogen-bond acceptors (Lipinski definition) is 6. The van der Waals surface area contributed by atoms with Gasteiger partial charge in [0.05, 0.1) is 6.61 Å². The lowest BCUT2D eigenvalue weighted by atomic mass is 9.91. The van der Waals surface area contributed by atoms with Gasteiger partial charge in [-0.25, -0.2) is 14.4 Å². The van der Waals surface area contributed by atoms with E-state index in [0.29, 0.717) is 43.0 Å². The molecule has 2 aromatic rings. The highest BCUT2D eigenvalue weighted by Crippen LogP contribution is 2.28. The lowest BCUT2D eigenvalue weighted by molar-refractivity contribution is 0.276. The van der Waals surface area contributed by atoms with Crippen molar-refractivity contribution in [2.24, 2.45) is 5.18 Å². The molecule has 1 aliphatic rings. The molecule has 3 rings (SSSR count). The molecule has 0 spiro atoms. The van der Waals surface area contributed by atoms with E-state index in [0.717, 1.165) is 0 Å². The van der Waals surface area contributed by atoms with E-state index in [4.69, 9.17) is 5.11 Å². The lowest BCUT2D eigenvalue weighted by Crippen LogP contribution is -2.42. The fourth-order valence-electron chi connectivity index (χ4n) is 2.83. The zero-order valence-electron chi connectivity index (χ0n) is 13.4. The van der Waals surface area contributed by atoms with Crippen LogP contribution in [-0.2, 0) is 6.61 Å². The van der Waals surface area contributed by atoms with E-state index in [-0.39, 0.29) is 12.2 Å². The minimum absolute atomic E-state index is 0.244. The highest BCUT2D eigenvalue weighted by molar-refractivity contribution is 5.64. The molecule has 6 nitrogen and oxygen atoms in total. The zero-order valence-corrected chi connectivity index (χ0v) is 13.4. The Morgan fingerprint density at radius 1 is 1.29 bits per heavy atom. The van der Waals surface area contributed by atoms with E-state index >= 15 is 0 Å². The molecule has 24 heavy (non-hydrogen) atoms. The maximum absolute atomic E-state index is 14.3. The van der Waals surface area contributed by atoms with Crippen LogP contribution in [0.5, 0.6) is 0 Å². The predicted molar refractivity (Wildman–Crippen MR) is 89.0 cm³/mol. The smallest absolute Gasteiger partial charge is 0.225 e. The van der Waals surface area contributed by atoms with Gasteiger partial charge in [0.2, 0.25) is 5.95 Å². The maximum Gasteiger partial charge on any atom is 0.225 e. The van der Waals surface area contributed by atoms with Crippen molar-refractivity contribution in [3.05, 3.63) is 46.9 Å². The summed E-state index contributed by atoms with van der Waals surface area (Å²) in [5.74, 6) is 0.104. The van der Waals surface area contributed by atoms with Gasteiger partial charge in [0.25, 0.3) is 0 Å². The van der Waals surface area contributed by atoms with Gasteiger partial charge in [-0.3, -0.25) is 0 Å². The Bertz CT molecular complexity index is 728.